The van der Waals surface area contributed by atoms with Gasteiger partial charge in [0.2, 0.25) is 0 Å². The van der Waals surface area contributed by atoms with Gasteiger partial charge in [-0.25, -0.2) is 0 Å². The molecule has 1 saturated carbocycles. The second kappa shape index (κ2) is 7.26. The number of rotatable bonds is 5. The molecule has 1 aliphatic carbocycles. The van der Waals surface area contributed by atoms with Crippen molar-refractivity contribution in [3.05, 3.63) is 35.9 Å². The Kier molecular flexibility index (Phi) is 5.28. The summed E-state index contributed by atoms with van der Waals surface area (Å²) < 4.78 is 0. The van der Waals surface area contributed by atoms with Gasteiger partial charge in [-0.15, -0.1) is 0 Å². The van der Waals surface area contributed by atoms with Gasteiger partial charge in [0.15, 0.2) is 0 Å². The molecule has 1 aliphatic rings. The summed E-state index contributed by atoms with van der Waals surface area (Å²) in [5.74, 6) is 0.979. The first-order chi connectivity index (χ1) is 8.45. The van der Waals surface area contributed by atoms with Gasteiger partial charge < -0.3 is 0 Å². The summed E-state index contributed by atoms with van der Waals surface area (Å²) in [7, 11) is 0. The van der Waals surface area contributed by atoms with Gasteiger partial charge >= 0.3 is 0 Å². The van der Waals surface area contributed by atoms with Crippen LogP contribution in [0.2, 0.25) is 0 Å². The van der Waals surface area contributed by atoms with Crippen molar-refractivity contribution in [3.63, 3.8) is 0 Å². The molecule has 0 aliphatic heterocycles. The molecule has 1 aromatic carbocycles. The molecule has 0 bridgehead atoms. The van der Waals surface area contributed by atoms with Crippen LogP contribution in [0.25, 0.3) is 0 Å². The molecular formula is C16H23N. The monoisotopic (exact) mass is 229 g/mol. The fourth-order valence-corrected chi connectivity index (χ4v) is 2.63. The first kappa shape index (κ1) is 12.3. The van der Waals surface area contributed by atoms with Crippen LogP contribution in [0.1, 0.15) is 50.5 Å². The smallest absolute Gasteiger partial charge is 0.0635 e. The summed E-state index contributed by atoms with van der Waals surface area (Å²) in [6.45, 7) is 0.839. The zero-order chi connectivity index (χ0) is 11.8. The number of hydrogen-bond donors (Lipinski definition) is 0. The molecule has 0 aromatic heterocycles. The van der Waals surface area contributed by atoms with Crippen LogP contribution in [-0.4, -0.2) is 6.21 Å². The van der Waals surface area contributed by atoms with Crippen LogP contribution in [-0.2, 0) is 6.54 Å². The largest absolute Gasteiger partial charge is 0.293 e. The van der Waals surface area contributed by atoms with Crippen molar-refractivity contribution in [2.75, 3.05) is 0 Å². The molecule has 0 amide bonds. The van der Waals surface area contributed by atoms with E-state index in [4.69, 9.17) is 0 Å². The fraction of sp³-hybridized carbons (Fsp3) is 0.562. The van der Waals surface area contributed by atoms with Gasteiger partial charge in [-0.3, -0.25) is 4.99 Å². The Morgan fingerprint density at radius 3 is 2.59 bits per heavy atom. The number of aliphatic imine (C=N–C) groups is 1. The van der Waals surface area contributed by atoms with E-state index in [0.29, 0.717) is 0 Å². The highest BCUT2D eigenvalue weighted by Gasteiger charge is 2.11. The molecule has 0 heterocycles. The Labute approximate surface area is 105 Å². The van der Waals surface area contributed by atoms with Crippen molar-refractivity contribution in [2.45, 2.75) is 51.5 Å². The molecule has 0 atom stereocenters. The van der Waals surface area contributed by atoms with Crippen LogP contribution < -0.4 is 0 Å². The summed E-state index contributed by atoms with van der Waals surface area (Å²) in [4.78, 5) is 4.50. The van der Waals surface area contributed by atoms with Crippen molar-refractivity contribution < 1.29 is 0 Å². The molecule has 2 rings (SSSR count). The van der Waals surface area contributed by atoms with E-state index in [1.165, 1.54) is 44.1 Å². The minimum absolute atomic E-state index is 0.839. The van der Waals surface area contributed by atoms with Gasteiger partial charge in [0, 0.05) is 0 Å². The average Bonchev–Trinajstić information content (AvgIpc) is 2.41. The van der Waals surface area contributed by atoms with Gasteiger partial charge in [0.25, 0.3) is 0 Å². The minimum atomic E-state index is 0.839. The number of benzene rings is 1. The molecule has 0 saturated heterocycles. The lowest BCUT2D eigenvalue weighted by Gasteiger charge is -2.20. The van der Waals surface area contributed by atoms with Crippen LogP contribution in [0.5, 0.6) is 0 Å². The second-order valence-electron chi connectivity index (χ2n) is 5.09. The summed E-state index contributed by atoms with van der Waals surface area (Å²) in [5.41, 5.74) is 1.31. The molecule has 0 radical (unpaired) electrons. The van der Waals surface area contributed by atoms with E-state index >= 15 is 0 Å². The molecule has 17 heavy (non-hydrogen) atoms. The Morgan fingerprint density at radius 1 is 1.06 bits per heavy atom. The SMILES string of the molecule is C(CCC1CCCCC1)=NCc1ccccc1. The van der Waals surface area contributed by atoms with Crippen molar-refractivity contribution in [3.8, 4) is 0 Å². The third kappa shape index (κ3) is 4.72. The number of nitrogens with zero attached hydrogens (tertiary/aromatic N) is 1. The summed E-state index contributed by atoms with van der Waals surface area (Å²) in [5, 5.41) is 0. The predicted molar refractivity (Wildman–Crippen MR) is 74.4 cm³/mol. The standard InChI is InChI=1S/C16H23N/c1-3-8-15(9-4-1)12-7-13-17-14-16-10-5-2-6-11-16/h2,5-6,10-11,13,15H,1,3-4,7-9,12,14H2. The van der Waals surface area contributed by atoms with E-state index < -0.39 is 0 Å². The van der Waals surface area contributed by atoms with Gasteiger partial charge in [-0.2, -0.15) is 0 Å². The third-order valence-corrected chi connectivity index (χ3v) is 3.67. The topological polar surface area (TPSA) is 12.4 Å². The maximum atomic E-state index is 4.50. The summed E-state index contributed by atoms with van der Waals surface area (Å²) in [6.07, 6.45) is 11.9. The van der Waals surface area contributed by atoms with Crippen molar-refractivity contribution in [1.29, 1.82) is 0 Å². The maximum absolute atomic E-state index is 4.50. The molecule has 1 nitrogen and oxygen atoms in total. The van der Waals surface area contributed by atoms with Gasteiger partial charge in [-0.05, 0) is 30.5 Å². The quantitative estimate of drug-likeness (QED) is 0.653. The zero-order valence-electron chi connectivity index (χ0n) is 10.6. The Morgan fingerprint density at radius 2 is 1.82 bits per heavy atom. The molecule has 0 spiro atoms. The van der Waals surface area contributed by atoms with E-state index in [1.807, 2.05) is 0 Å². The van der Waals surface area contributed by atoms with Gasteiger partial charge in [-0.1, -0.05) is 62.4 Å². The third-order valence-electron chi connectivity index (χ3n) is 3.67. The highest BCUT2D eigenvalue weighted by molar-refractivity contribution is 5.57. The minimum Gasteiger partial charge on any atom is -0.293 e. The van der Waals surface area contributed by atoms with Crippen LogP contribution in [0, 0.1) is 5.92 Å². The highest BCUT2D eigenvalue weighted by Crippen LogP contribution is 2.26. The van der Waals surface area contributed by atoms with E-state index in [-0.39, 0.29) is 0 Å². The molecule has 92 valence electrons. The fourth-order valence-electron chi connectivity index (χ4n) is 2.63. The van der Waals surface area contributed by atoms with E-state index in [0.717, 1.165) is 18.9 Å². The lowest BCUT2D eigenvalue weighted by atomic mass is 9.86. The van der Waals surface area contributed by atoms with Crippen LogP contribution in [0.3, 0.4) is 0 Å². The van der Waals surface area contributed by atoms with Crippen LogP contribution in [0.15, 0.2) is 35.3 Å². The Bertz CT molecular complexity index is 323. The van der Waals surface area contributed by atoms with Crippen LogP contribution >= 0.6 is 0 Å². The van der Waals surface area contributed by atoms with Crippen molar-refractivity contribution in [2.24, 2.45) is 10.9 Å². The van der Waals surface area contributed by atoms with E-state index in [1.54, 1.807) is 0 Å². The molecular weight excluding hydrogens is 206 g/mol. The summed E-state index contributed by atoms with van der Waals surface area (Å²) in [6, 6.07) is 10.5. The van der Waals surface area contributed by atoms with Crippen LogP contribution in [0.4, 0.5) is 0 Å². The zero-order valence-corrected chi connectivity index (χ0v) is 10.6. The van der Waals surface area contributed by atoms with E-state index in [2.05, 4.69) is 41.5 Å². The Balaban J connectivity index is 1.61. The molecule has 0 unspecified atom stereocenters. The molecule has 1 aromatic rings. The van der Waals surface area contributed by atoms with Crippen molar-refractivity contribution >= 4 is 6.21 Å². The highest BCUT2D eigenvalue weighted by atomic mass is 14.7. The maximum Gasteiger partial charge on any atom is 0.0635 e. The van der Waals surface area contributed by atoms with Gasteiger partial charge in [0.05, 0.1) is 6.54 Å². The second-order valence-corrected chi connectivity index (χ2v) is 5.09. The Hall–Kier alpha value is -1.11. The lowest BCUT2D eigenvalue weighted by molar-refractivity contribution is 0.344. The molecule has 0 N–H and O–H groups in total. The predicted octanol–water partition coefficient (Wildman–Crippen LogP) is 4.62. The molecule has 1 heteroatoms. The van der Waals surface area contributed by atoms with Gasteiger partial charge in [0.1, 0.15) is 0 Å². The normalized spacial score (nSPS) is 17.6. The molecule has 1 fully saturated rings. The first-order valence-corrected chi connectivity index (χ1v) is 6.97. The van der Waals surface area contributed by atoms with Crippen molar-refractivity contribution in [1.82, 2.24) is 0 Å². The van der Waals surface area contributed by atoms with E-state index in [9.17, 15) is 0 Å². The average molecular weight is 229 g/mol. The summed E-state index contributed by atoms with van der Waals surface area (Å²) >= 11 is 0. The number of hydrogen-bond acceptors (Lipinski definition) is 1. The lowest BCUT2D eigenvalue weighted by Crippen LogP contribution is -2.05. The first-order valence-electron chi connectivity index (χ1n) is 6.97.